The SMILES string of the molecule is Fc1cc(C2CCC(C=CCC(F)(F)F)CC2)cc(F)c1F. The molecule has 1 fully saturated rings. The van der Waals surface area contributed by atoms with Crippen LogP contribution in [0.2, 0.25) is 0 Å². The van der Waals surface area contributed by atoms with E-state index >= 15 is 0 Å². The van der Waals surface area contributed by atoms with E-state index in [0.717, 1.165) is 18.2 Å². The van der Waals surface area contributed by atoms with Crippen LogP contribution >= 0.6 is 0 Å². The minimum absolute atomic E-state index is 0.0498. The topological polar surface area (TPSA) is 0 Å². The van der Waals surface area contributed by atoms with E-state index in [1.807, 2.05) is 0 Å². The lowest BCUT2D eigenvalue weighted by atomic mass is 9.78. The largest absolute Gasteiger partial charge is 0.392 e. The Kier molecular flexibility index (Phi) is 5.19. The highest BCUT2D eigenvalue weighted by Crippen LogP contribution is 2.37. The fourth-order valence-electron chi connectivity index (χ4n) is 2.85. The maximum absolute atomic E-state index is 13.2. The molecule has 0 saturated heterocycles. The van der Waals surface area contributed by atoms with Crippen LogP contribution in [-0.4, -0.2) is 6.18 Å². The Bertz CT molecular complexity index is 515. The first-order valence-electron chi connectivity index (χ1n) is 7.14. The van der Waals surface area contributed by atoms with Gasteiger partial charge < -0.3 is 0 Å². The van der Waals surface area contributed by atoms with Gasteiger partial charge in [0.25, 0.3) is 0 Å². The Morgan fingerprint density at radius 2 is 1.50 bits per heavy atom. The maximum atomic E-state index is 13.2. The summed E-state index contributed by atoms with van der Waals surface area (Å²) in [4.78, 5) is 0. The molecular formula is C16H16F6. The molecule has 0 spiro atoms. The highest BCUT2D eigenvalue weighted by molar-refractivity contribution is 5.23. The molecule has 0 atom stereocenters. The van der Waals surface area contributed by atoms with Gasteiger partial charge in [0.05, 0.1) is 6.42 Å². The zero-order valence-electron chi connectivity index (χ0n) is 11.8. The zero-order chi connectivity index (χ0) is 16.3. The van der Waals surface area contributed by atoms with E-state index in [4.69, 9.17) is 0 Å². The predicted molar refractivity (Wildman–Crippen MR) is 70.8 cm³/mol. The van der Waals surface area contributed by atoms with Crippen molar-refractivity contribution >= 4 is 0 Å². The summed E-state index contributed by atoms with van der Waals surface area (Å²) in [5.74, 6) is -3.93. The molecule has 0 N–H and O–H groups in total. The maximum Gasteiger partial charge on any atom is 0.392 e. The van der Waals surface area contributed by atoms with Gasteiger partial charge in [-0.1, -0.05) is 12.2 Å². The van der Waals surface area contributed by atoms with Gasteiger partial charge >= 0.3 is 6.18 Å². The molecule has 0 radical (unpaired) electrons. The van der Waals surface area contributed by atoms with Crippen LogP contribution in [0.3, 0.4) is 0 Å². The van der Waals surface area contributed by atoms with Crippen molar-refractivity contribution in [3.63, 3.8) is 0 Å². The molecule has 2 rings (SSSR count). The van der Waals surface area contributed by atoms with Crippen LogP contribution in [0.5, 0.6) is 0 Å². The first-order valence-corrected chi connectivity index (χ1v) is 7.14. The van der Waals surface area contributed by atoms with Crippen molar-refractivity contribution in [1.82, 2.24) is 0 Å². The number of benzene rings is 1. The van der Waals surface area contributed by atoms with Gasteiger partial charge in [0, 0.05) is 0 Å². The number of rotatable bonds is 3. The number of allylic oxidation sites excluding steroid dienone is 2. The lowest BCUT2D eigenvalue weighted by molar-refractivity contribution is -0.125. The highest BCUT2D eigenvalue weighted by Gasteiger charge is 2.26. The summed E-state index contributed by atoms with van der Waals surface area (Å²) in [6, 6.07) is 2.01. The van der Waals surface area contributed by atoms with Gasteiger partial charge in [-0.3, -0.25) is 0 Å². The van der Waals surface area contributed by atoms with Crippen molar-refractivity contribution in [1.29, 1.82) is 0 Å². The molecule has 6 heteroatoms. The normalized spacial score (nSPS) is 23.2. The Labute approximate surface area is 124 Å². The molecule has 1 aromatic rings. The molecule has 0 aromatic heterocycles. The lowest BCUT2D eigenvalue weighted by Gasteiger charge is -2.27. The van der Waals surface area contributed by atoms with Crippen LogP contribution < -0.4 is 0 Å². The summed E-state index contributed by atoms with van der Waals surface area (Å²) in [5.41, 5.74) is 0.411. The van der Waals surface area contributed by atoms with E-state index < -0.39 is 30.0 Å². The third-order valence-corrected chi connectivity index (χ3v) is 4.01. The third kappa shape index (κ3) is 4.52. The molecular weight excluding hydrogens is 306 g/mol. The van der Waals surface area contributed by atoms with E-state index in [2.05, 4.69) is 0 Å². The second kappa shape index (κ2) is 6.75. The minimum atomic E-state index is -4.20. The van der Waals surface area contributed by atoms with Crippen LogP contribution in [0.4, 0.5) is 26.3 Å². The Hall–Kier alpha value is -1.46. The zero-order valence-corrected chi connectivity index (χ0v) is 11.8. The first kappa shape index (κ1) is 16.9. The summed E-state index contributed by atoms with van der Waals surface area (Å²) in [5, 5.41) is 0. The van der Waals surface area contributed by atoms with Gasteiger partial charge in [-0.2, -0.15) is 13.2 Å². The molecule has 0 aliphatic heterocycles. The second-order valence-electron chi connectivity index (χ2n) is 5.66. The van der Waals surface area contributed by atoms with Crippen molar-refractivity contribution in [2.24, 2.45) is 5.92 Å². The minimum Gasteiger partial charge on any atom is -0.204 e. The molecule has 0 amide bonds. The van der Waals surface area contributed by atoms with E-state index in [0.29, 0.717) is 31.2 Å². The van der Waals surface area contributed by atoms with Gasteiger partial charge in [-0.05, 0) is 55.2 Å². The van der Waals surface area contributed by atoms with Crippen molar-refractivity contribution in [3.05, 3.63) is 47.3 Å². The lowest BCUT2D eigenvalue weighted by Crippen LogP contribution is -2.13. The quantitative estimate of drug-likeness (QED) is 0.370. The number of halogens is 6. The van der Waals surface area contributed by atoms with Gasteiger partial charge in [0.15, 0.2) is 17.5 Å². The summed E-state index contributed by atoms with van der Waals surface area (Å²) < 4.78 is 75.5. The Morgan fingerprint density at radius 3 is 2.00 bits per heavy atom. The summed E-state index contributed by atoms with van der Waals surface area (Å²) in [6.07, 6.45) is 0.0896. The standard InChI is InChI=1S/C16H16F6/c17-13-8-12(9-14(18)15(13)19)11-5-3-10(4-6-11)2-1-7-16(20,21)22/h1-2,8-11H,3-7H2. The predicted octanol–water partition coefficient (Wildman–Crippen LogP) is 5.89. The van der Waals surface area contributed by atoms with Crippen molar-refractivity contribution < 1.29 is 26.3 Å². The summed E-state index contributed by atoms with van der Waals surface area (Å²) in [7, 11) is 0. The summed E-state index contributed by atoms with van der Waals surface area (Å²) in [6.45, 7) is 0. The van der Waals surface area contributed by atoms with Crippen LogP contribution in [-0.2, 0) is 0 Å². The van der Waals surface area contributed by atoms with Gasteiger partial charge in [0.2, 0.25) is 0 Å². The van der Waals surface area contributed by atoms with Crippen LogP contribution in [0, 0.1) is 23.4 Å². The van der Waals surface area contributed by atoms with E-state index in [-0.39, 0.29) is 11.8 Å². The van der Waals surface area contributed by atoms with Gasteiger partial charge in [-0.25, -0.2) is 13.2 Å². The Balaban J connectivity index is 1.92. The molecule has 0 heterocycles. The molecule has 1 saturated carbocycles. The number of alkyl halides is 3. The van der Waals surface area contributed by atoms with Crippen LogP contribution in [0.25, 0.3) is 0 Å². The molecule has 22 heavy (non-hydrogen) atoms. The molecule has 1 aromatic carbocycles. The average molecular weight is 322 g/mol. The van der Waals surface area contributed by atoms with Gasteiger partial charge in [-0.15, -0.1) is 0 Å². The first-order chi connectivity index (χ1) is 10.3. The van der Waals surface area contributed by atoms with E-state index in [9.17, 15) is 26.3 Å². The molecule has 122 valence electrons. The third-order valence-electron chi connectivity index (χ3n) is 4.01. The number of hydrogen-bond donors (Lipinski definition) is 0. The van der Waals surface area contributed by atoms with Crippen molar-refractivity contribution in [2.45, 2.75) is 44.2 Å². The average Bonchev–Trinajstić information content (AvgIpc) is 2.43. The van der Waals surface area contributed by atoms with Crippen molar-refractivity contribution in [3.8, 4) is 0 Å². The van der Waals surface area contributed by atoms with Crippen LogP contribution in [0.1, 0.15) is 43.6 Å². The van der Waals surface area contributed by atoms with E-state index in [1.54, 1.807) is 6.08 Å². The van der Waals surface area contributed by atoms with Crippen LogP contribution in [0.15, 0.2) is 24.3 Å². The van der Waals surface area contributed by atoms with E-state index in [1.165, 1.54) is 0 Å². The molecule has 1 aliphatic rings. The summed E-state index contributed by atoms with van der Waals surface area (Å²) >= 11 is 0. The van der Waals surface area contributed by atoms with Gasteiger partial charge in [0.1, 0.15) is 0 Å². The molecule has 1 aliphatic carbocycles. The number of hydrogen-bond acceptors (Lipinski definition) is 0. The molecule has 0 nitrogen and oxygen atoms in total. The highest BCUT2D eigenvalue weighted by atomic mass is 19.4. The Morgan fingerprint density at radius 1 is 0.955 bits per heavy atom. The molecule has 0 bridgehead atoms. The second-order valence-corrected chi connectivity index (χ2v) is 5.66. The fraction of sp³-hybridized carbons (Fsp3) is 0.500. The monoisotopic (exact) mass is 322 g/mol. The smallest absolute Gasteiger partial charge is 0.204 e. The fourth-order valence-corrected chi connectivity index (χ4v) is 2.85. The van der Waals surface area contributed by atoms with Crippen molar-refractivity contribution in [2.75, 3.05) is 0 Å². The molecule has 0 unspecified atom stereocenters.